The molecule has 0 saturated heterocycles. The Kier molecular flexibility index (Phi) is 2.46. The summed E-state index contributed by atoms with van der Waals surface area (Å²) < 4.78 is 4.59. The van der Waals surface area contributed by atoms with Gasteiger partial charge >= 0.3 is 5.97 Å². The number of nitrogens with zero attached hydrogens (tertiary/aromatic N) is 1. The maximum absolute atomic E-state index is 11.0. The van der Waals surface area contributed by atoms with Crippen LogP contribution in [0.5, 0.6) is 0 Å². The Morgan fingerprint density at radius 1 is 1.82 bits per heavy atom. The van der Waals surface area contributed by atoms with Gasteiger partial charge in [-0.25, -0.2) is 0 Å². The average molecular weight is 156 g/mol. The van der Waals surface area contributed by atoms with E-state index >= 15 is 0 Å². The number of hydrogen-bond donors (Lipinski definition) is 1. The number of hydrazone groups is 1. The maximum Gasteiger partial charge on any atom is 0.314 e. The standard InChI is InChI=1S/C7H12N2O2/c1-11-7(10)5-3-2-4-6(5)9-8/h5H,2-4,8H2,1H3. The molecular weight excluding hydrogens is 144 g/mol. The fraction of sp³-hybridized carbons (Fsp3) is 0.714. The highest BCUT2D eigenvalue weighted by Gasteiger charge is 2.29. The zero-order chi connectivity index (χ0) is 8.27. The first-order chi connectivity index (χ1) is 5.29. The van der Waals surface area contributed by atoms with Gasteiger partial charge in [-0.2, -0.15) is 5.10 Å². The molecule has 1 saturated carbocycles. The predicted molar refractivity (Wildman–Crippen MR) is 41.0 cm³/mol. The van der Waals surface area contributed by atoms with E-state index in [1.807, 2.05) is 0 Å². The first kappa shape index (κ1) is 8.04. The van der Waals surface area contributed by atoms with Crippen LogP contribution >= 0.6 is 0 Å². The Hall–Kier alpha value is -1.06. The fourth-order valence-electron chi connectivity index (χ4n) is 1.38. The number of hydrogen-bond acceptors (Lipinski definition) is 4. The van der Waals surface area contributed by atoms with E-state index < -0.39 is 0 Å². The molecule has 1 rings (SSSR count). The molecule has 0 spiro atoms. The van der Waals surface area contributed by atoms with Gasteiger partial charge in [0.25, 0.3) is 0 Å². The molecule has 1 fully saturated rings. The average Bonchev–Trinajstić information content (AvgIpc) is 2.50. The summed E-state index contributed by atoms with van der Waals surface area (Å²) in [5.41, 5.74) is 0.775. The Morgan fingerprint density at radius 3 is 3.09 bits per heavy atom. The Balaban J connectivity index is 2.64. The molecule has 1 aliphatic carbocycles. The van der Waals surface area contributed by atoms with Crippen LogP contribution in [-0.4, -0.2) is 18.8 Å². The lowest BCUT2D eigenvalue weighted by atomic mass is 10.1. The number of carbonyl (C=O) groups excluding carboxylic acids is 1. The van der Waals surface area contributed by atoms with Gasteiger partial charge in [0.05, 0.1) is 18.7 Å². The Labute approximate surface area is 65.4 Å². The van der Waals surface area contributed by atoms with E-state index in [9.17, 15) is 4.79 Å². The number of methoxy groups -OCH3 is 1. The molecule has 1 atom stereocenters. The first-order valence-electron chi connectivity index (χ1n) is 3.64. The summed E-state index contributed by atoms with van der Waals surface area (Å²) in [6.07, 6.45) is 2.63. The van der Waals surface area contributed by atoms with Crippen LogP contribution in [0, 0.1) is 5.92 Å². The zero-order valence-electron chi connectivity index (χ0n) is 6.54. The minimum atomic E-state index is -0.216. The van der Waals surface area contributed by atoms with Crippen molar-refractivity contribution in [3.63, 3.8) is 0 Å². The van der Waals surface area contributed by atoms with E-state index in [1.165, 1.54) is 7.11 Å². The maximum atomic E-state index is 11.0. The van der Waals surface area contributed by atoms with Crippen molar-refractivity contribution in [1.29, 1.82) is 0 Å². The lowest BCUT2D eigenvalue weighted by Crippen LogP contribution is -2.21. The van der Waals surface area contributed by atoms with Crippen LogP contribution in [0.4, 0.5) is 0 Å². The zero-order valence-corrected chi connectivity index (χ0v) is 6.54. The number of ether oxygens (including phenoxy) is 1. The summed E-state index contributed by atoms with van der Waals surface area (Å²) in [4.78, 5) is 11.0. The molecular formula is C7H12N2O2. The highest BCUT2D eigenvalue weighted by atomic mass is 16.5. The smallest absolute Gasteiger partial charge is 0.314 e. The number of rotatable bonds is 1. The van der Waals surface area contributed by atoms with Crippen LogP contribution in [0.15, 0.2) is 5.10 Å². The Morgan fingerprint density at radius 2 is 2.55 bits per heavy atom. The predicted octanol–water partition coefficient (Wildman–Crippen LogP) is 0.274. The number of carbonyl (C=O) groups is 1. The molecule has 0 aliphatic heterocycles. The lowest BCUT2D eigenvalue weighted by Gasteiger charge is -2.05. The lowest BCUT2D eigenvalue weighted by molar-refractivity contribution is -0.142. The molecule has 0 aromatic heterocycles. The van der Waals surface area contributed by atoms with E-state index in [0.29, 0.717) is 0 Å². The van der Waals surface area contributed by atoms with Crippen LogP contribution in [0.2, 0.25) is 0 Å². The highest BCUT2D eigenvalue weighted by molar-refractivity contribution is 6.03. The summed E-state index contributed by atoms with van der Waals surface area (Å²) in [5, 5.41) is 3.55. The summed E-state index contributed by atoms with van der Waals surface area (Å²) in [6.45, 7) is 0. The molecule has 0 heterocycles. The van der Waals surface area contributed by atoms with Gasteiger partial charge in [0, 0.05) is 0 Å². The third kappa shape index (κ3) is 1.50. The topological polar surface area (TPSA) is 64.7 Å². The van der Waals surface area contributed by atoms with E-state index in [4.69, 9.17) is 5.84 Å². The molecule has 62 valence electrons. The van der Waals surface area contributed by atoms with Gasteiger partial charge in [-0.15, -0.1) is 0 Å². The number of esters is 1. The van der Waals surface area contributed by atoms with Gasteiger partial charge in [-0.3, -0.25) is 4.79 Å². The van der Waals surface area contributed by atoms with Crippen LogP contribution in [0.1, 0.15) is 19.3 Å². The Bertz CT molecular complexity index is 189. The van der Waals surface area contributed by atoms with Crippen molar-refractivity contribution in [3.05, 3.63) is 0 Å². The van der Waals surface area contributed by atoms with Gasteiger partial charge in [0.2, 0.25) is 0 Å². The highest BCUT2D eigenvalue weighted by Crippen LogP contribution is 2.23. The summed E-state index contributed by atoms with van der Waals surface area (Å²) in [6, 6.07) is 0. The van der Waals surface area contributed by atoms with Crippen molar-refractivity contribution in [1.82, 2.24) is 0 Å². The van der Waals surface area contributed by atoms with Crippen LogP contribution in [0.25, 0.3) is 0 Å². The molecule has 1 aliphatic rings. The van der Waals surface area contributed by atoms with E-state index in [1.54, 1.807) is 0 Å². The van der Waals surface area contributed by atoms with Gasteiger partial charge in [-0.05, 0) is 19.3 Å². The monoisotopic (exact) mass is 156 g/mol. The fourth-order valence-corrected chi connectivity index (χ4v) is 1.38. The first-order valence-corrected chi connectivity index (χ1v) is 3.64. The minimum absolute atomic E-state index is 0.176. The third-order valence-electron chi connectivity index (χ3n) is 1.98. The van der Waals surface area contributed by atoms with Gasteiger partial charge in [0.15, 0.2) is 0 Å². The van der Waals surface area contributed by atoms with Gasteiger partial charge < -0.3 is 10.6 Å². The van der Waals surface area contributed by atoms with Crippen molar-refractivity contribution in [2.75, 3.05) is 7.11 Å². The quantitative estimate of drug-likeness (QED) is 0.337. The van der Waals surface area contributed by atoms with Crippen LogP contribution < -0.4 is 5.84 Å². The molecule has 0 amide bonds. The third-order valence-corrected chi connectivity index (χ3v) is 1.98. The molecule has 0 bridgehead atoms. The van der Waals surface area contributed by atoms with Gasteiger partial charge in [-0.1, -0.05) is 0 Å². The molecule has 11 heavy (non-hydrogen) atoms. The van der Waals surface area contributed by atoms with E-state index in [2.05, 4.69) is 9.84 Å². The molecule has 1 unspecified atom stereocenters. The number of nitrogens with two attached hydrogens (primary N) is 1. The minimum Gasteiger partial charge on any atom is -0.469 e. The second kappa shape index (κ2) is 3.37. The summed E-state index contributed by atoms with van der Waals surface area (Å²) in [7, 11) is 1.38. The molecule has 0 aromatic rings. The molecule has 0 radical (unpaired) electrons. The van der Waals surface area contributed by atoms with E-state index in [0.717, 1.165) is 25.0 Å². The summed E-state index contributed by atoms with van der Waals surface area (Å²) >= 11 is 0. The normalized spacial score (nSPS) is 27.4. The second-order valence-electron chi connectivity index (χ2n) is 2.59. The molecule has 4 nitrogen and oxygen atoms in total. The van der Waals surface area contributed by atoms with Crippen molar-refractivity contribution >= 4 is 11.7 Å². The van der Waals surface area contributed by atoms with E-state index in [-0.39, 0.29) is 11.9 Å². The SMILES string of the molecule is COC(=O)C1CCCC1=NN. The van der Waals surface area contributed by atoms with Gasteiger partial charge in [0.1, 0.15) is 0 Å². The van der Waals surface area contributed by atoms with Crippen LogP contribution in [-0.2, 0) is 9.53 Å². The van der Waals surface area contributed by atoms with Crippen molar-refractivity contribution < 1.29 is 9.53 Å². The largest absolute Gasteiger partial charge is 0.469 e. The van der Waals surface area contributed by atoms with Crippen molar-refractivity contribution in [3.8, 4) is 0 Å². The molecule has 4 heteroatoms. The summed E-state index contributed by atoms with van der Waals surface area (Å²) in [5.74, 6) is 4.70. The van der Waals surface area contributed by atoms with Crippen LogP contribution in [0.3, 0.4) is 0 Å². The second-order valence-corrected chi connectivity index (χ2v) is 2.59. The molecule has 2 N–H and O–H groups in total. The molecule has 0 aromatic carbocycles. The van der Waals surface area contributed by atoms with Crippen molar-refractivity contribution in [2.45, 2.75) is 19.3 Å². The van der Waals surface area contributed by atoms with Crippen molar-refractivity contribution in [2.24, 2.45) is 16.9 Å².